The Hall–Kier alpha value is -2.71. The van der Waals surface area contributed by atoms with Crippen LogP contribution in [0.15, 0.2) is 42.7 Å². The molecule has 1 atom stereocenters. The van der Waals surface area contributed by atoms with Crippen molar-refractivity contribution in [1.82, 2.24) is 14.5 Å². The van der Waals surface area contributed by atoms with Gasteiger partial charge in [0.1, 0.15) is 12.6 Å². The monoisotopic (exact) mass is 415 g/mol. The average molecular weight is 415 g/mol. The molecule has 0 radical (unpaired) electrons. The van der Waals surface area contributed by atoms with E-state index in [-0.39, 0.29) is 11.8 Å². The molecule has 0 saturated carbocycles. The minimum absolute atomic E-state index is 0.180. The highest BCUT2D eigenvalue weighted by Crippen LogP contribution is 2.29. The first kappa shape index (κ1) is 22.0. The molecule has 0 spiro atoms. The second-order valence-electron chi connectivity index (χ2n) is 7.29. The van der Waals surface area contributed by atoms with Gasteiger partial charge in [0.25, 0.3) is 5.91 Å². The molecule has 30 heavy (non-hydrogen) atoms. The molecule has 1 aromatic carbocycles. The first-order valence-electron chi connectivity index (χ1n) is 10.2. The fraction of sp³-hybridized carbons (Fsp3) is 0.500. The van der Waals surface area contributed by atoms with Gasteiger partial charge in [-0.3, -0.25) is 9.59 Å². The second-order valence-corrected chi connectivity index (χ2v) is 7.29. The number of carbonyl (C=O) groups excluding carboxylic acids is 2. The zero-order chi connectivity index (χ0) is 21.3. The molecule has 2 aromatic rings. The molecule has 1 unspecified atom stereocenters. The number of hydrogen-bond donors (Lipinski definition) is 0. The van der Waals surface area contributed by atoms with Gasteiger partial charge >= 0.3 is 5.97 Å². The Bertz CT molecular complexity index is 815. The standard InChI is InChI=1S/C22H29N3O5/c1-17(26)30-20(18-6-4-3-5-7-18)22(27)24-11-8-19(9-12-24)21-23-10-13-25(21)16-29-15-14-28-2/h3-7,10,13,19-20H,8-9,11-12,14-16H2,1-2H3. The Balaban J connectivity index is 1.60. The molecule has 8 heteroatoms. The number of methoxy groups -OCH3 is 1. The van der Waals surface area contributed by atoms with E-state index in [1.165, 1.54) is 6.92 Å². The van der Waals surface area contributed by atoms with Crippen molar-refractivity contribution in [3.05, 3.63) is 54.1 Å². The highest BCUT2D eigenvalue weighted by molar-refractivity contribution is 5.84. The van der Waals surface area contributed by atoms with Crippen LogP contribution in [0.4, 0.5) is 0 Å². The molecule has 0 aliphatic carbocycles. The van der Waals surface area contributed by atoms with Crippen molar-refractivity contribution >= 4 is 11.9 Å². The zero-order valence-electron chi connectivity index (χ0n) is 17.5. The lowest BCUT2D eigenvalue weighted by Crippen LogP contribution is -2.42. The van der Waals surface area contributed by atoms with Crippen LogP contribution in [0, 0.1) is 0 Å². The van der Waals surface area contributed by atoms with Gasteiger partial charge in [-0.15, -0.1) is 0 Å². The fourth-order valence-electron chi connectivity index (χ4n) is 3.67. The summed E-state index contributed by atoms with van der Waals surface area (Å²) < 4.78 is 18.0. The summed E-state index contributed by atoms with van der Waals surface area (Å²) in [6, 6.07) is 9.14. The predicted molar refractivity (Wildman–Crippen MR) is 110 cm³/mol. The number of rotatable bonds is 9. The SMILES string of the molecule is COCCOCn1ccnc1C1CCN(C(=O)C(OC(C)=O)c2ccccc2)CC1. The molecule has 3 rings (SSSR count). The van der Waals surface area contributed by atoms with Gasteiger partial charge in [-0.05, 0) is 12.8 Å². The van der Waals surface area contributed by atoms with E-state index in [1.807, 2.05) is 29.0 Å². The largest absolute Gasteiger partial charge is 0.447 e. The summed E-state index contributed by atoms with van der Waals surface area (Å²) in [5, 5.41) is 0. The van der Waals surface area contributed by atoms with Crippen LogP contribution in [0.25, 0.3) is 0 Å². The number of nitrogens with zero attached hydrogens (tertiary/aromatic N) is 3. The van der Waals surface area contributed by atoms with E-state index < -0.39 is 12.1 Å². The molecule has 0 bridgehead atoms. The molecule has 1 saturated heterocycles. The smallest absolute Gasteiger partial charge is 0.303 e. The Morgan fingerprint density at radius 3 is 2.57 bits per heavy atom. The van der Waals surface area contributed by atoms with Crippen molar-refractivity contribution in [1.29, 1.82) is 0 Å². The molecule has 2 heterocycles. The molecule has 1 aromatic heterocycles. The van der Waals surface area contributed by atoms with Crippen LogP contribution in [0.1, 0.15) is 43.2 Å². The maximum atomic E-state index is 13.1. The minimum atomic E-state index is -0.906. The number of aromatic nitrogens is 2. The van der Waals surface area contributed by atoms with Gasteiger partial charge in [0.15, 0.2) is 0 Å². The number of hydrogen-bond acceptors (Lipinski definition) is 6. The van der Waals surface area contributed by atoms with Crippen LogP contribution in [-0.4, -0.2) is 59.7 Å². The van der Waals surface area contributed by atoms with Crippen molar-refractivity contribution in [2.75, 3.05) is 33.4 Å². The Morgan fingerprint density at radius 2 is 1.90 bits per heavy atom. The van der Waals surface area contributed by atoms with Crippen molar-refractivity contribution in [2.45, 2.75) is 38.5 Å². The summed E-state index contributed by atoms with van der Waals surface area (Å²) in [6.45, 7) is 4.01. The molecule has 162 valence electrons. The van der Waals surface area contributed by atoms with E-state index in [0.717, 1.165) is 18.7 Å². The van der Waals surface area contributed by atoms with Gasteiger partial charge in [-0.2, -0.15) is 0 Å². The number of benzene rings is 1. The first-order valence-corrected chi connectivity index (χ1v) is 10.2. The van der Waals surface area contributed by atoms with Crippen LogP contribution in [-0.2, 0) is 30.5 Å². The normalized spacial score (nSPS) is 15.7. The minimum Gasteiger partial charge on any atom is -0.447 e. The molecular formula is C22H29N3O5. The van der Waals surface area contributed by atoms with Crippen LogP contribution in [0.3, 0.4) is 0 Å². The molecule has 1 amide bonds. The van der Waals surface area contributed by atoms with Crippen molar-refractivity contribution < 1.29 is 23.8 Å². The highest BCUT2D eigenvalue weighted by atomic mass is 16.5. The third-order valence-electron chi connectivity index (χ3n) is 5.19. The van der Waals surface area contributed by atoms with Gasteiger partial charge in [0.05, 0.1) is 13.2 Å². The molecule has 1 fully saturated rings. The lowest BCUT2D eigenvalue weighted by Gasteiger charge is -2.34. The van der Waals surface area contributed by atoms with E-state index in [2.05, 4.69) is 4.98 Å². The highest BCUT2D eigenvalue weighted by Gasteiger charge is 2.32. The number of esters is 1. The summed E-state index contributed by atoms with van der Waals surface area (Å²) >= 11 is 0. The number of amides is 1. The van der Waals surface area contributed by atoms with Crippen molar-refractivity contribution in [2.24, 2.45) is 0 Å². The zero-order valence-corrected chi connectivity index (χ0v) is 17.5. The topological polar surface area (TPSA) is 82.9 Å². The average Bonchev–Trinajstić information content (AvgIpc) is 3.24. The molecule has 1 aliphatic heterocycles. The van der Waals surface area contributed by atoms with Gasteiger partial charge in [-0.25, -0.2) is 4.98 Å². The fourth-order valence-corrected chi connectivity index (χ4v) is 3.67. The van der Waals surface area contributed by atoms with Crippen LogP contribution < -0.4 is 0 Å². The van der Waals surface area contributed by atoms with E-state index in [4.69, 9.17) is 14.2 Å². The Kier molecular flexibility index (Phi) is 7.98. The Morgan fingerprint density at radius 1 is 1.17 bits per heavy atom. The second kappa shape index (κ2) is 10.9. The summed E-state index contributed by atoms with van der Waals surface area (Å²) in [4.78, 5) is 30.9. The third-order valence-corrected chi connectivity index (χ3v) is 5.19. The lowest BCUT2D eigenvalue weighted by atomic mass is 9.95. The molecule has 8 nitrogen and oxygen atoms in total. The number of carbonyl (C=O) groups is 2. The quantitative estimate of drug-likeness (QED) is 0.462. The maximum absolute atomic E-state index is 13.1. The third kappa shape index (κ3) is 5.67. The number of imidazole rings is 1. The summed E-state index contributed by atoms with van der Waals surface area (Å²) in [6.07, 6.45) is 4.37. The lowest BCUT2D eigenvalue weighted by molar-refractivity contribution is -0.159. The summed E-state index contributed by atoms with van der Waals surface area (Å²) in [7, 11) is 1.64. The van der Waals surface area contributed by atoms with Crippen molar-refractivity contribution in [3.63, 3.8) is 0 Å². The van der Waals surface area contributed by atoms with Crippen LogP contribution in [0.2, 0.25) is 0 Å². The molecule has 1 aliphatic rings. The Labute approximate surface area is 176 Å². The molecular weight excluding hydrogens is 386 g/mol. The van der Waals surface area contributed by atoms with Crippen LogP contribution >= 0.6 is 0 Å². The molecule has 0 N–H and O–H groups in total. The maximum Gasteiger partial charge on any atom is 0.303 e. The summed E-state index contributed by atoms with van der Waals surface area (Å²) in [5.41, 5.74) is 0.684. The van der Waals surface area contributed by atoms with Gasteiger partial charge < -0.3 is 23.7 Å². The van der Waals surface area contributed by atoms with E-state index in [0.29, 0.717) is 38.6 Å². The van der Waals surface area contributed by atoms with Crippen molar-refractivity contribution in [3.8, 4) is 0 Å². The predicted octanol–water partition coefficient (Wildman–Crippen LogP) is 2.51. The van der Waals surface area contributed by atoms with Gasteiger partial charge in [0, 0.05) is 51.0 Å². The van der Waals surface area contributed by atoms with E-state index in [1.54, 1.807) is 30.3 Å². The van der Waals surface area contributed by atoms with E-state index >= 15 is 0 Å². The number of likely N-dealkylation sites (tertiary alicyclic amines) is 1. The number of ether oxygens (including phenoxy) is 3. The van der Waals surface area contributed by atoms with Gasteiger partial charge in [-0.1, -0.05) is 30.3 Å². The first-order chi connectivity index (χ1) is 14.6. The number of piperidine rings is 1. The summed E-state index contributed by atoms with van der Waals surface area (Å²) in [5.74, 6) is 0.571. The van der Waals surface area contributed by atoms with Gasteiger partial charge in [0.2, 0.25) is 6.10 Å². The van der Waals surface area contributed by atoms with E-state index in [9.17, 15) is 9.59 Å². The van der Waals surface area contributed by atoms with Crippen LogP contribution in [0.5, 0.6) is 0 Å².